The number of anilines is 1. The van der Waals surface area contributed by atoms with Crippen LogP contribution in [0.2, 0.25) is 5.02 Å². The predicted octanol–water partition coefficient (Wildman–Crippen LogP) is 3.79. The fraction of sp³-hybridized carbons (Fsp3) is 0.0625. The minimum absolute atomic E-state index is 0.0382. The Kier molecular flexibility index (Phi) is 5.12. The van der Waals surface area contributed by atoms with Crippen molar-refractivity contribution in [3.05, 3.63) is 65.7 Å². The summed E-state index contributed by atoms with van der Waals surface area (Å²) in [6.45, 7) is 0. The van der Waals surface area contributed by atoms with E-state index in [0.717, 1.165) is 5.69 Å². The Morgan fingerprint density at radius 1 is 1.25 bits per heavy atom. The summed E-state index contributed by atoms with van der Waals surface area (Å²) in [6, 6.07) is 13.6. The lowest BCUT2D eigenvalue weighted by molar-refractivity contribution is -0.113. The predicted molar refractivity (Wildman–Crippen MR) is 92.1 cm³/mol. The average Bonchev–Trinajstić information content (AvgIpc) is 3.06. The quantitative estimate of drug-likeness (QED) is 0.701. The van der Waals surface area contributed by atoms with E-state index in [4.69, 9.17) is 11.6 Å². The second-order valence-corrected chi connectivity index (χ2v) is 6.12. The molecule has 0 spiro atoms. The first-order chi connectivity index (χ1) is 11.6. The van der Waals surface area contributed by atoms with Crippen LogP contribution < -0.4 is 5.32 Å². The van der Waals surface area contributed by atoms with Crippen LogP contribution in [0.3, 0.4) is 0 Å². The molecule has 5 nitrogen and oxygen atoms in total. The van der Waals surface area contributed by atoms with E-state index in [1.807, 2.05) is 30.3 Å². The molecule has 1 N–H and O–H groups in total. The van der Waals surface area contributed by atoms with Gasteiger partial charge in [0.1, 0.15) is 12.1 Å². The molecular weight excluding hydrogens is 351 g/mol. The lowest BCUT2D eigenvalue weighted by atomic mass is 10.3. The summed E-state index contributed by atoms with van der Waals surface area (Å²) >= 11 is 6.89. The smallest absolute Gasteiger partial charge is 0.234 e. The van der Waals surface area contributed by atoms with Gasteiger partial charge < -0.3 is 5.32 Å². The van der Waals surface area contributed by atoms with Crippen LogP contribution in [-0.2, 0) is 4.79 Å². The van der Waals surface area contributed by atoms with Crippen molar-refractivity contribution in [2.75, 3.05) is 11.1 Å². The molecule has 0 unspecified atom stereocenters. The van der Waals surface area contributed by atoms with Gasteiger partial charge in [-0.2, -0.15) is 0 Å². The average molecular weight is 363 g/mol. The van der Waals surface area contributed by atoms with Gasteiger partial charge in [-0.3, -0.25) is 4.79 Å². The normalized spacial score (nSPS) is 10.6. The number of carbonyl (C=O) groups is 1. The number of amides is 1. The summed E-state index contributed by atoms with van der Waals surface area (Å²) in [4.78, 5) is 16.1. The maximum absolute atomic E-state index is 13.1. The van der Waals surface area contributed by atoms with Crippen LogP contribution in [0, 0.1) is 5.82 Å². The molecule has 8 heteroatoms. The molecular formula is C16H12ClFN4OS. The van der Waals surface area contributed by atoms with Crippen molar-refractivity contribution < 1.29 is 9.18 Å². The molecule has 122 valence electrons. The lowest BCUT2D eigenvalue weighted by Gasteiger charge is -2.05. The highest BCUT2D eigenvalue weighted by atomic mass is 35.5. The summed E-state index contributed by atoms with van der Waals surface area (Å²) < 4.78 is 14.7. The van der Waals surface area contributed by atoms with Crippen molar-refractivity contribution in [1.29, 1.82) is 0 Å². The Balaban J connectivity index is 1.56. The maximum atomic E-state index is 13.1. The number of hydrogen-bond donors (Lipinski definition) is 1. The minimum atomic E-state index is -0.528. The second kappa shape index (κ2) is 7.46. The molecule has 0 saturated heterocycles. The first-order valence-electron chi connectivity index (χ1n) is 6.96. The Hall–Kier alpha value is -2.38. The van der Waals surface area contributed by atoms with Crippen molar-refractivity contribution in [3.63, 3.8) is 0 Å². The number of benzene rings is 2. The third-order valence-electron chi connectivity index (χ3n) is 3.03. The zero-order chi connectivity index (χ0) is 16.9. The molecule has 0 atom stereocenters. The maximum Gasteiger partial charge on any atom is 0.234 e. The van der Waals surface area contributed by atoms with E-state index in [-0.39, 0.29) is 16.7 Å². The lowest BCUT2D eigenvalue weighted by Crippen LogP contribution is -2.14. The molecule has 0 aliphatic carbocycles. The van der Waals surface area contributed by atoms with Gasteiger partial charge >= 0.3 is 0 Å². The summed E-state index contributed by atoms with van der Waals surface area (Å²) in [5.74, 6) is -0.646. The molecule has 2 aromatic carbocycles. The van der Waals surface area contributed by atoms with E-state index in [2.05, 4.69) is 15.4 Å². The number of aromatic nitrogens is 3. The van der Waals surface area contributed by atoms with E-state index in [0.29, 0.717) is 10.8 Å². The molecule has 1 aromatic heterocycles. The molecule has 0 radical (unpaired) electrons. The van der Waals surface area contributed by atoms with Crippen molar-refractivity contribution >= 4 is 35.0 Å². The number of nitrogens with one attached hydrogen (secondary N) is 1. The molecule has 0 aliphatic rings. The number of carbonyl (C=O) groups excluding carboxylic acids is 1. The van der Waals surface area contributed by atoms with Gasteiger partial charge in [-0.25, -0.2) is 14.1 Å². The molecule has 0 bridgehead atoms. The summed E-state index contributed by atoms with van der Waals surface area (Å²) in [7, 11) is 0. The molecule has 0 aliphatic heterocycles. The minimum Gasteiger partial charge on any atom is -0.325 e. The van der Waals surface area contributed by atoms with E-state index in [1.54, 1.807) is 11.0 Å². The topological polar surface area (TPSA) is 59.8 Å². The Morgan fingerprint density at radius 3 is 2.79 bits per heavy atom. The van der Waals surface area contributed by atoms with Gasteiger partial charge in [0.15, 0.2) is 0 Å². The van der Waals surface area contributed by atoms with Gasteiger partial charge in [0.05, 0.1) is 16.5 Å². The second-order valence-electron chi connectivity index (χ2n) is 4.77. The van der Waals surface area contributed by atoms with Crippen LogP contribution >= 0.6 is 23.4 Å². The van der Waals surface area contributed by atoms with Gasteiger partial charge in [0.2, 0.25) is 11.1 Å². The highest BCUT2D eigenvalue weighted by molar-refractivity contribution is 7.99. The Bertz CT molecular complexity index is 856. The van der Waals surface area contributed by atoms with E-state index in [9.17, 15) is 9.18 Å². The van der Waals surface area contributed by atoms with Gasteiger partial charge in [-0.1, -0.05) is 41.6 Å². The molecule has 3 aromatic rings. The number of halogens is 2. The number of hydrogen-bond acceptors (Lipinski definition) is 4. The van der Waals surface area contributed by atoms with Crippen LogP contribution in [0.1, 0.15) is 0 Å². The number of rotatable bonds is 5. The van der Waals surface area contributed by atoms with Gasteiger partial charge in [0.25, 0.3) is 0 Å². The van der Waals surface area contributed by atoms with E-state index < -0.39 is 5.82 Å². The third-order valence-corrected chi connectivity index (χ3v) is 4.17. The van der Waals surface area contributed by atoms with Gasteiger partial charge in [0, 0.05) is 5.69 Å². The first kappa shape index (κ1) is 16.5. The zero-order valence-corrected chi connectivity index (χ0v) is 13.9. The van der Waals surface area contributed by atoms with Crippen molar-refractivity contribution in [2.45, 2.75) is 5.16 Å². The number of para-hydroxylation sites is 1. The van der Waals surface area contributed by atoms with Crippen LogP contribution in [-0.4, -0.2) is 26.4 Å². The molecule has 24 heavy (non-hydrogen) atoms. The zero-order valence-electron chi connectivity index (χ0n) is 12.3. The van der Waals surface area contributed by atoms with Crippen molar-refractivity contribution in [3.8, 4) is 5.69 Å². The monoisotopic (exact) mass is 362 g/mol. The third kappa shape index (κ3) is 4.12. The van der Waals surface area contributed by atoms with Crippen LogP contribution in [0.4, 0.5) is 10.1 Å². The van der Waals surface area contributed by atoms with Crippen molar-refractivity contribution in [1.82, 2.24) is 14.8 Å². The summed E-state index contributed by atoms with van der Waals surface area (Å²) in [6.07, 6.45) is 1.59. The largest absolute Gasteiger partial charge is 0.325 e. The molecule has 0 saturated carbocycles. The number of nitrogens with zero attached hydrogens (tertiary/aromatic N) is 3. The summed E-state index contributed by atoms with van der Waals surface area (Å²) in [5, 5.41) is 7.40. The van der Waals surface area contributed by atoms with Crippen LogP contribution in [0.5, 0.6) is 0 Å². The fourth-order valence-corrected chi connectivity index (χ4v) is 2.70. The fourth-order valence-electron chi connectivity index (χ4n) is 1.92. The first-order valence-corrected chi connectivity index (χ1v) is 8.33. The van der Waals surface area contributed by atoms with Gasteiger partial charge in [-0.05, 0) is 30.3 Å². The molecule has 0 fully saturated rings. The Morgan fingerprint density at radius 2 is 2.04 bits per heavy atom. The molecule has 1 heterocycles. The van der Waals surface area contributed by atoms with Crippen LogP contribution in [0.25, 0.3) is 5.69 Å². The molecule has 3 rings (SSSR count). The highest BCUT2D eigenvalue weighted by Crippen LogP contribution is 2.20. The standard InChI is InChI=1S/C16H12ClFN4OS/c17-13-8-11(6-7-14(13)18)20-15(23)9-24-16-19-10-22(21-16)12-4-2-1-3-5-12/h1-8,10H,9H2,(H,20,23). The number of thioether (sulfide) groups is 1. The van der Waals surface area contributed by atoms with Crippen LogP contribution in [0.15, 0.2) is 60.0 Å². The van der Waals surface area contributed by atoms with Gasteiger partial charge in [-0.15, -0.1) is 5.10 Å². The highest BCUT2D eigenvalue weighted by Gasteiger charge is 2.09. The summed E-state index contributed by atoms with van der Waals surface area (Å²) in [5.41, 5.74) is 1.33. The molecule has 1 amide bonds. The van der Waals surface area contributed by atoms with Crippen molar-refractivity contribution in [2.24, 2.45) is 0 Å². The Labute approximate surface area is 146 Å². The van der Waals surface area contributed by atoms with E-state index >= 15 is 0 Å². The van der Waals surface area contributed by atoms with E-state index in [1.165, 1.54) is 30.0 Å². The SMILES string of the molecule is O=C(CSc1ncn(-c2ccccc2)n1)Nc1ccc(F)c(Cl)c1.